The highest BCUT2D eigenvalue weighted by atomic mass is 16.5. The molecule has 0 atom stereocenters. The van der Waals surface area contributed by atoms with Gasteiger partial charge in [-0.05, 0) is 33.0 Å². The predicted octanol–water partition coefficient (Wildman–Crippen LogP) is 0.285. The highest BCUT2D eigenvalue weighted by molar-refractivity contribution is 5.80. The molecule has 1 aromatic heterocycles. The number of aliphatic imine (C=N–C) groups is 1. The van der Waals surface area contributed by atoms with Gasteiger partial charge in [0.05, 0.1) is 0 Å². The summed E-state index contributed by atoms with van der Waals surface area (Å²) in [6.07, 6.45) is 5.68. The normalized spacial score (nSPS) is 21.2. The summed E-state index contributed by atoms with van der Waals surface area (Å²) in [5.74, 6) is 1.79. The van der Waals surface area contributed by atoms with Crippen molar-refractivity contribution in [3.63, 3.8) is 0 Å². The number of hydrogen-bond donors (Lipinski definition) is 1. The maximum absolute atomic E-state index is 5.57. The summed E-state index contributed by atoms with van der Waals surface area (Å²) in [4.78, 5) is 20.1. The van der Waals surface area contributed by atoms with Gasteiger partial charge in [0.25, 0.3) is 0 Å². The molecule has 2 aliphatic heterocycles. The summed E-state index contributed by atoms with van der Waals surface area (Å²) >= 11 is 0. The smallest absolute Gasteiger partial charge is 0.225 e. The molecule has 2 fully saturated rings. The summed E-state index contributed by atoms with van der Waals surface area (Å²) < 4.78 is 5.57. The van der Waals surface area contributed by atoms with E-state index in [1.165, 1.54) is 0 Å². The molecule has 3 rings (SSSR count). The minimum absolute atomic E-state index is 0.133. The number of likely N-dealkylation sites (N-methyl/N-ethyl adjacent to an activating group) is 1. The average Bonchev–Trinajstić information content (AvgIpc) is 2.70. The third-order valence-electron chi connectivity index (χ3n) is 5.57. The van der Waals surface area contributed by atoms with Crippen LogP contribution in [0.2, 0.25) is 0 Å². The van der Waals surface area contributed by atoms with Crippen LogP contribution in [0.3, 0.4) is 0 Å². The average molecular weight is 361 g/mol. The van der Waals surface area contributed by atoms with E-state index in [9.17, 15) is 0 Å². The maximum Gasteiger partial charge on any atom is 0.225 e. The Bertz CT molecular complexity index is 578. The Morgan fingerprint density at radius 2 is 1.85 bits per heavy atom. The van der Waals surface area contributed by atoms with E-state index in [-0.39, 0.29) is 5.54 Å². The molecule has 8 heteroatoms. The van der Waals surface area contributed by atoms with E-state index in [2.05, 4.69) is 49.1 Å². The van der Waals surface area contributed by atoms with Crippen LogP contribution >= 0.6 is 0 Å². The number of nitrogens with one attached hydrogen (secondary N) is 1. The van der Waals surface area contributed by atoms with Crippen LogP contribution in [-0.2, 0) is 4.74 Å². The fourth-order valence-electron chi connectivity index (χ4n) is 3.68. The molecule has 1 aromatic rings. The first-order chi connectivity index (χ1) is 12.6. The van der Waals surface area contributed by atoms with Gasteiger partial charge in [-0.15, -0.1) is 0 Å². The molecule has 8 nitrogen and oxygen atoms in total. The van der Waals surface area contributed by atoms with Crippen LogP contribution in [0, 0.1) is 0 Å². The van der Waals surface area contributed by atoms with Gasteiger partial charge in [-0.3, -0.25) is 4.99 Å². The van der Waals surface area contributed by atoms with Gasteiger partial charge in [0, 0.05) is 70.9 Å². The Balaban J connectivity index is 1.55. The molecule has 0 radical (unpaired) electrons. The lowest BCUT2D eigenvalue weighted by Gasteiger charge is -2.44. The Morgan fingerprint density at radius 1 is 1.19 bits per heavy atom. The molecular weight excluding hydrogens is 330 g/mol. The van der Waals surface area contributed by atoms with Gasteiger partial charge in [0.15, 0.2) is 5.96 Å². The second-order valence-electron chi connectivity index (χ2n) is 7.15. The number of aromatic nitrogens is 2. The highest BCUT2D eigenvalue weighted by Crippen LogP contribution is 2.25. The minimum Gasteiger partial charge on any atom is -0.381 e. The SMILES string of the molecule is CN=C(NCC1(N(C)C)CCOCC1)N1CCN(c2ncccn2)CC1. The Labute approximate surface area is 156 Å². The predicted molar refractivity (Wildman–Crippen MR) is 104 cm³/mol. The van der Waals surface area contributed by atoms with Crippen molar-refractivity contribution in [2.45, 2.75) is 18.4 Å². The summed E-state index contributed by atoms with van der Waals surface area (Å²) in [5.41, 5.74) is 0.133. The summed E-state index contributed by atoms with van der Waals surface area (Å²) in [6.45, 7) is 6.17. The fourth-order valence-corrected chi connectivity index (χ4v) is 3.68. The Morgan fingerprint density at radius 3 is 2.42 bits per heavy atom. The molecule has 1 N–H and O–H groups in total. The molecule has 0 aromatic carbocycles. The first-order valence-corrected chi connectivity index (χ1v) is 9.37. The van der Waals surface area contributed by atoms with Crippen LogP contribution in [0.1, 0.15) is 12.8 Å². The van der Waals surface area contributed by atoms with Gasteiger partial charge < -0.3 is 24.8 Å². The number of anilines is 1. The molecule has 2 saturated heterocycles. The molecule has 0 bridgehead atoms. The van der Waals surface area contributed by atoms with Gasteiger partial charge in [-0.25, -0.2) is 9.97 Å². The van der Waals surface area contributed by atoms with E-state index in [0.717, 1.165) is 70.7 Å². The lowest BCUT2D eigenvalue weighted by atomic mass is 9.88. The van der Waals surface area contributed by atoms with Crippen molar-refractivity contribution in [2.75, 3.05) is 72.0 Å². The molecule has 0 saturated carbocycles. The molecule has 0 spiro atoms. The Kier molecular flexibility index (Phi) is 6.26. The molecule has 3 heterocycles. The number of guanidine groups is 1. The van der Waals surface area contributed by atoms with Crippen LogP contribution in [0.5, 0.6) is 0 Å². The van der Waals surface area contributed by atoms with Gasteiger partial charge >= 0.3 is 0 Å². The molecule has 26 heavy (non-hydrogen) atoms. The van der Waals surface area contributed by atoms with Crippen LogP contribution in [0.25, 0.3) is 0 Å². The van der Waals surface area contributed by atoms with Gasteiger partial charge in [-0.2, -0.15) is 0 Å². The number of piperazine rings is 1. The second-order valence-corrected chi connectivity index (χ2v) is 7.15. The fraction of sp³-hybridized carbons (Fsp3) is 0.722. The first-order valence-electron chi connectivity index (χ1n) is 9.37. The van der Waals surface area contributed by atoms with E-state index in [4.69, 9.17) is 4.74 Å². The number of rotatable bonds is 4. The van der Waals surface area contributed by atoms with Crippen molar-refractivity contribution < 1.29 is 4.74 Å². The maximum atomic E-state index is 5.57. The van der Waals surface area contributed by atoms with Crippen LogP contribution in [-0.4, -0.2) is 98.3 Å². The molecule has 2 aliphatic rings. The molecule has 0 aliphatic carbocycles. The standard InChI is InChI=1S/C18H31N7O/c1-19-16(22-15-18(23(2)3)5-13-26-14-6-18)24-9-11-25(12-10-24)17-20-7-4-8-21-17/h4,7-8H,5-6,9-15H2,1-3H3,(H,19,22). The van der Waals surface area contributed by atoms with Crippen molar-refractivity contribution >= 4 is 11.9 Å². The van der Waals surface area contributed by atoms with E-state index < -0.39 is 0 Å². The van der Waals surface area contributed by atoms with Gasteiger partial charge in [0.2, 0.25) is 5.95 Å². The lowest BCUT2D eigenvalue weighted by Crippen LogP contribution is -2.59. The molecule has 0 amide bonds. The lowest BCUT2D eigenvalue weighted by molar-refractivity contribution is -0.00526. The van der Waals surface area contributed by atoms with Crippen molar-refractivity contribution in [2.24, 2.45) is 4.99 Å². The van der Waals surface area contributed by atoms with Crippen LogP contribution < -0.4 is 10.2 Å². The van der Waals surface area contributed by atoms with Crippen molar-refractivity contribution in [3.8, 4) is 0 Å². The van der Waals surface area contributed by atoms with Crippen molar-refractivity contribution in [1.82, 2.24) is 25.1 Å². The monoisotopic (exact) mass is 361 g/mol. The van der Waals surface area contributed by atoms with Gasteiger partial charge in [0.1, 0.15) is 0 Å². The topological polar surface area (TPSA) is 69.1 Å². The van der Waals surface area contributed by atoms with Crippen molar-refractivity contribution in [3.05, 3.63) is 18.5 Å². The largest absolute Gasteiger partial charge is 0.381 e. The number of ether oxygens (including phenoxy) is 1. The zero-order chi connectivity index (χ0) is 18.4. The Hall–Kier alpha value is -1.93. The van der Waals surface area contributed by atoms with E-state index >= 15 is 0 Å². The molecular formula is C18H31N7O. The minimum atomic E-state index is 0.133. The van der Waals surface area contributed by atoms with E-state index in [1.807, 2.05) is 13.1 Å². The number of hydrogen-bond acceptors (Lipinski definition) is 6. The highest BCUT2D eigenvalue weighted by Gasteiger charge is 2.35. The summed E-state index contributed by atoms with van der Waals surface area (Å²) in [6, 6.07) is 1.85. The molecule has 0 unspecified atom stereocenters. The zero-order valence-electron chi connectivity index (χ0n) is 16.2. The second kappa shape index (κ2) is 8.64. The third-order valence-corrected chi connectivity index (χ3v) is 5.57. The van der Waals surface area contributed by atoms with Crippen molar-refractivity contribution in [1.29, 1.82) is 0 Å². The quantitative estimate of drug-likeness (QED) is 0.610. The van der Waals surface area contributed by atoms with E-state index in [1.54, 1.807) is 12.4 Å². The summed E-state index contributed by atoms with van der Waals surface area (Å²) in [7, 11) is 6.18. The summed E-state index contributed by atoms with van der Waals surface area (Å²) in [5, 5.41) is 3.61. The van der Waals surface area contributed by atoms with Gasteiger partial charge in [-0.1, -0.05) is 0 Å². The van der Waals surface area contributed by atoms with Crippen LogP contribution in [0.15, 0.2) is 23.5 Å². The number of nitrogens with zero attached hydrogens (tertiary/aromatic N) is 6. The third kappa shape index (κ3) is 4.24. The van der Waals surface area contributed by atoms with Crippen LogP contribution in [0.4, 0.5) is 5.95 Å². The van der Waals surface area contributed by atoms with E-state index in [0.29, 0.717) is 0 Å². The molecule has 144 valence electrons. The first kappa shape index (κ1) is 18.8. The zero-order valence-corrected chi connectivity index (χ0v) is 16.2.